The van der Waals surface area contributed by atoms with Crippen molar-refractivity contribution in [1.82, 2.24) is 10.2 Å². The van der Waals surface area contributed by atoms with Crippen LogP contribution in [-0.2, 0) is 9.59 Å². The number of carbonyl (C=O) groups is 2. The van der Waals surface area contributed by atoms with E-state index in [-0.39, 0.29) is 24.5 Å². The molecule has 0 aliphatic carbocycles. The fourth-order valence-electron chi connectivity index (χ4n) is 2.43. The number of carbonyl (C=O) groups excluding carboxylic acids is 2. The standard InChI is InChI=1S/C16H22N2O3/c1-2-16(20)18-10-8-13(9-11-18)17-15(19)12-21-14-6-4-3-5-7-14/h3-7,13H,2,8-12H2,1H3,(H,17,19). The number of nitrogens with one attached hydrogen (secondary N) is 1. The zero-order valence-corrected chi connectivity index (χ0v) is 12.4. The van der Waals surface area contributed by atoms with E-state index in [0.717, 1.165) is 25.9 Å². The monoisotopic (exact) mass is 290 g/mol. The molecule has 5 nitrogen and oxygen atoms in total. The van der Waals surface area contributed by atoms with E-state index < -0.39 is 0 Å². The Kier molecular flexibility index (Phi) is 5.60. The molecule has 5 heteroatoms. The maximum atomic E-state index is 11.8. The summed E-state index contributed by atoms with van der Waals surface area (Å²) in [5.74, 6) is 0.766. The van der Waals surface area contributed by atoms with Gasteiger partial charge >= 0.3 is 0 Å². The molecule has 1 N–H and O–H groups in total. The highest BCUT2D eigenvalue weighted by molar-refractivity contribution is 5.78. The van der Waals surface area contributed by atoms with Crippen LogP contribution in [0.5, 0.6) is 5.75 Å². The van der Waals surface area contributed by atoms with Gasteiger partial charge in [0.2, 0.25) is 5.91 Å². The molecule has 0 saturated carbocycles. The fourth-order valence-corrected chi connectivity index (χ4v) is 2.43. The molecule has 1 aromatic rings. The van der Waals surface area contributed by atoms with Crippen LogP contribution >= 0.6 is 0 Å². The summed E-state index contributed by atoms with van der Waals surface area (Å²) in [6.45, 7) is 3.34. The number of rotatable bonds is 5. The number of hydrogen-bond acceptors (Lipinski definition) is 3. The fraction of sp³-hybridized carbons (Fsp3) is 0.500. The normalized spacial score (nSPS) is 15.6. The first-order chi connectivity index (χ1) is 10.2. The quantitative estimate of drug-likeness (QED) is 0.895. The third-order valence-corrected chi connectivity index (χ3v) is 3.63. The number of hydrogen-bond donors (Lipinski definition) is 1. The third-order valence-electron chi connectivity index (χ3n) is 3.63. The minimum Gasteiger partial charge on any atom is -0.484 e. The molecule has 0 atom stereocenters. The van der Waals surface area contributed by atoms with Crippen LogP contribution in [0.2, 0.25) is 0 Å². The average molecular weight is 290 g/mol. The Hall–Kier alpha value is -2.04. The molecule has 114 valence electrons. The van der Waals surface area contributed by atoms with Gasteiger partial charge in [0.15, 0.2) is 6.61 Å². The number of piperidine rings is 1. The smallest absolute Gasteiger partial charge is 0.258 e. The highest BCUT2D eigenvalue weighted by atomic mass is 16.5. The van der Waals surface area contributed by atoms with Gasteiger partial charge in [0, 0.05) is 25.6 Å². The second-order valence-corrected chi connectivity index (χ2v) is 5.18. The maximum absolute atomic E-state index is 11.8. The summed E-state index contributed by atoms with van der Waals surface area (Å²) in [6, 6.07) is 9.42. The van der Waals surface area contributed by atoms with Crippen LogP contribution in [0.25, 0.3) is 0 Å². The Morgan fingerprint density at radius 1 is 1.24 bits per heavy atom. The second-order valence-electron chi connectivity index (χ2n) is 5.18. The molecule has 2 rings (SSSR count). The van der Waals surface area contributed by atoms with E-state index in [4.69, 9.17) is 4.74 Å². The molecule has 0 bridgehead atoms. The first-order valence-corrected chi connectivity index (χ1v) is 7.44. The van der Waals surface area contributed by atoms with Crippen LogP contribution in [0, 0.1) is 0 Å². The van der Waals surface area contributed by atoms with Crippen molar-refractivity contribution in [2.75, 3.05) is 19.7 Å². The van der Waals surface area contributed by atoms with Crippen LogP contribution in [0.1, 0.15) is 26.2 Å². The number of amides is 2. The molecule has 1 aliphatic heterocycles. The van der Waals surface area contributed by atoms with E-state index in [1.165, 1.54) is 0 Å². The van der Waals surface area contributed by atoms with E-state index in [0.29, 0.717) is 12.2 Å². The zero-order valence-electron chi connectivity index (χ0n) is 12.4. The summed E-state index contributed by atoms with van der Waals surface area (Å²) >= 11 is 0. The van der Waals surface area contributed by atoms with Crippen molar-refractivity contribution < 1.29 is 14.3 Å². The van der Waals surface area contributed by atoms with Gasteiger partial charge in [-0.3, -0.25) is 9.59 Å². The molecule has 0 radical (unpaired) electrons. The summed E-state index contributed by atoms with van der Waals surface area (Å²) in [5, 5.41) is 2.96. The topological polar surface area (TPSA) is 58.6 Å². The Morgan fingerprint density at radius 3 is 2.52 bits per heavy atom. The van der Waals surface area contributed by atoms with Crippen molar-refractivity contribution in [3.05, 3.63) is 30.3 Å². The number of likely N-dealkylation sites (tertiary alicyclic amines) is 1. The lowest BCUT2D eigenvalue weighted by molar-refractivity contribution is -0.132. The maximum Gasteiger partial charge on any atom is 0.258 e. The number of benzene rings is 1. The Bertz CT molecular complexity index is 468. The minimum atomic E-state index is -0.112. The molecule has 0 aromatic heterocycles. The molecule has 1 heterocycles. The number of ether oxygens (including phenoxy) is 1. The van der Waals surface area contributed by atoms with Gasteiger partial charge in [-0.25, -0.2) is 0 Å². The Morgan fingerprint density at radius 2 is 1.90 bits per heavy atom. The lowest BCUT2D eigenvalue weighted by Crippen LogP contribution is -2.47. The molecular weight excluding hydrogens is 268 g/mol. The number of para-hydroxylation sites is 1. The highest BCUT2D eigenvalue weighted by Gasteiger charge is 2.22. The van der Waals surface area contributed by atoms with Crippen molar-refractivity contribution in [2.45, 2.75) is 32.2 Å². The van der Waals surface area contributed by atoms with Crippen molar-refractivity contribution >= 4 is 11.8 Å². The predicted octanol–water partition coefficient (Wildman–Crippen LogP) is 1.58. The minimum absolute atomic E-state index is 0.0259. The van der Waals surface area contributed by atoms with Crippen LogP contribution in [0.4, 0.5) is 0 Å². The number of nitrogens with zero attached hydrogens (tertiary/aromatic N) is 1. The zero-order chi connectivity index (χ0) is 15.1. The van der Waals surface area contributed by atoms with Crippen LogP contribution < -0.4 is 10.1 Å². The van der Waals surface area contributed by atoms with Crippen molar-refractivity contribution in [1.29, 1.82) is 0 Å². The van der Waals surface area contributed by atoms with Gasteiger partial charge in [-0.05, 0) is 25.0 Å². The first-order valence-electron chi connectivity index (χ1n) is 7.44. The molecule has 0 spiro atoms. The van der Waals surface area contributed by atoms with Crippen molar-refractivity contribution in [3.63, 3.8) is 0 Å². The molecule has 0 unspecified atom stereocenters. The molecule has 1 saturated heterocycles. The van der Waals surface area contributed by atoms with E-state index in [2.05, 4.69) is 5.32 Å². The lowest BCUT2D eigenvalue weighted by atomic mass is 10.0. The SMILES string of the molecule is CCC(=O)N1CCC(NC(=O)COc2ccccc2)CC1. The molecule has 1 fully saturated rings. The van der Waals surface area contributed by atoms with E-state index in [1.807, 2.05) is 42.2 Å². The summed E-state index contributed by atoms with van der Waals surface area (Å²) in [4.78, 5) is 25.3. The molecule has 21 heavy (non-hydrogen) atoms. The largest absolute Gasteiger partial charge is 0.484 e. The van der Waals surface area contributed by atoms with Crippen LogP contribution in [0.3, 0.4) is 0 Å². The van der Waals surface area contributed by atoms with Gasteiger partial charge in [-0.1, -0.05) is 25.1 Å². The van der Waals surface area contributed by atoms with E-state index >= 15 is 0 Å². The van der Waals surface area contributed by atoms with Gasteiger partial charge in [-0.2, -0.15) is 0 Å². The Labute approximate surface area is 125 Å². The van der Waals surface area contributed by atoms with Crippen LogP contribution in [-0.4, -0.2) is 42.5 Å². The van der Waals surface area contributed by atoms with E-state index in [1.54, 1.807) is 0 Å². The van der Waals surface area contributed by atoms with Crippen molar-refractivity contribution in [2.24, 2.45) is 0 Å². The third kappa shape index (κ3) is 4.77. The van der Waals surface area contributed by atoms with Gasteiger partial charge in [0.25, 0.3) is 5.91 Å². The molecule has 1 aromatic carbocycles. The molecule has 2 amide bonds. The highest BCUT2D eigenvalue weighted by Crippen LogP contribution is 2.12. The summed E-state index contributed by atoms with van der Waals surface area (Å²) in [5.41, 5.74) is 0. The summed E-state index contributed by atoms with van der Waals surface area (Å²) in [6.07, 6.45) is 2.16. The van der Waals surface area contributed by atoms with Gasteiger partial charge in [0.05, 0.1) is 0 Å². The second kappa shape index (κ2) is 7.67. The van der Waals surface area contributed by atoms with Gasteiger partial charge < -0.3 is 15.0 Å². The average Bonchev–Trinajstić information content (AvgIpc) is 2.54. The van der Waals surface area contributed by atoms with Gasteiger partial charge in [-0.15, -0.1) is 0 Å². The van der Waals surface area contributed by atoms with E-state index in [9.17, 15) is 9.59 Å². The Balaban J connectivity index is 1.68. The molecule has 1 aliphatic rings. The summed E-state index contributed by atoms with van der Waals surface area (Å²) < 4.78 is 5.41. The summed E-state index contributed by atoms with van der Waals surface area (Å²) in [7, 11) is 0. The van der Waals surface area contributed by atoms with Crippen molar-refractivity contribution in [3.8, 4) is 5.75 Å². The molecular formula is C16H22N2O3. The van der Waals surface area contributed by atoms with Crippen LogP contribution in [0.15, 0.2) is 30.3 Å². The predicted molar refractivity (Wildman–Crippen MR) is 80.0 cm³/mol. The lowest BCUT2D eigenvalue weighted by Gasteiger charge is -2.32. The van der Waals surface area contributed by atoms with Gasteiger partial charge in [0.1, 0.15) is 5.75 Å². The first kappa shape index (κ1) is 15.4.